The maximum absolute atomic E-state index is 12.1. The van der Waals surface area contributed by atoms with E-state index < -0.39 is 11.5 Å². The third-order valence-electron chi connectivity index (χ3n) is 4.37. The first-order chi connectivity index (χ1) is 8.53. The van der Waals surface area contributed by atoms with E-state index in [1.807, 2.05) is 6.92 Å². The van der Waals surface area contributed by atoms with Crippen molar-refractivity contribution in [3.63, 3.8) is 0 Å². The largest absolute Gasteiger partial charge is 0.481 e. The first kappa shape index (κ1) is 13.3. The molecular formula is C13H22N2O3. The van der Waals surface area contributed by atoms with Gasteiger partial charge in [0.2, 0.25) is 5.91 Å². The standard InChI is InChI=1S/C13H22N2O3/c1-13(6-3-7-15-13)12(18)14-8-9-4-2-5-10(9)11(16)17/h9-10,15H,2-8H2,1H3,(H,14,18)(H,16,17). The summed E-state index contributed by atoms with van der Waals surface area (Å²) in [4.78, 5) is 23.1. The minimum atomic E-state index is -0.725. The molecule has 1 saturated heterocycles. The molecule has 2 fully saturated rings. The van der Waals surface area contributed by atoms with Crippen molar-refractivity contribution in [3.05, 3.63) is 0 Å². The Labute approximate surface area is 107 Å². The van der Waals surface area contributed by atoms with Crippen LogP contribution in [0.1, 0.15) is 39.0 Å². The van der Waals surface area contributed by atoms with Gasteiger partial charge < -0.3 is 15.7 Å². The molecular weight excluding hydrogens is 232 g/mol. The molecule has 18 heavy (non-hydrogen) atoms. The lowest BCUT2D eigenvalue weighted by atomic mass is 9.95. The maximum Gasteiger partial charge on any atom is 0.306 e. The van der Waals surface area contributed by atoms with Crippen LogP contribution in [0.5, 0.6) is 0 Å². The van der Waals surface area contributed by atoms with E-state index in [9.17, 15) is 9.59 Å². The lowest BCUT2D eigenvalue weighted by Crippen LogP contribution is -2.52. The zero-order valence-electron chi connectivity index (χ0n) is 10.9. The molecule has 5 heteroatoms. The molecule has 3 N–H and O–H groups in total. The SMILES string of the molecule is CC1(C(=O)NCC2CCCC2C(=O)O)CCCN1. The van der Waals surface area contributed by atoms with Crippen molar-refractivity contribution in [2.45, 2.75) is 44.6 Å². The van der Waals surface area contributed by atoms with Crippen molar-refractivity contribution in [2.24, 2.45) is 11.8 Å². The number of aliphatic carboxylic acids is 1. The molecule has 1 aliphatic heterocycles. The fourth-order valence-electron chi connectivity index (χ4n) is 3.11. The second kappa shape index (κ2) is 5.26. The van der Waals surface area contributed by atoms with Gasteiger partial charge in [0.15, 0.2) is 0 Å². The van der Waals surface area contributed by atoms with Gasteiger partial charge in [0.1, 0.15) is 0 Å². The highest BCUT2D eigenvalue weighted by atomic mass is 16.4. The molecule has 0 aromatic carbocycles. The quantitative estimate of drug-likeness (QED) is 0.691. The second-order valence-electron chi connectivity index (χ2n) is 5.71. The summed E-state index contributed by atoms with van der Waals surface area (Å²) in [5.74, 6) is -0.904. The Hall–Kier alpha value is -1.10. The molecule has 2 rings (SSSR count). The molecule has 0 radical (unpaired) electrons. The zero-order valence-corrected chi connectivity index (χ0v) is 10.9. The number of carbonyl (C=O) groups is 2. The van der Waals surface area contributed by atoms with Crippen LogP contribution in [0.15, 0.2) is 0 Å². The number of amides is 1. The molecule has 0 bridgehead atoms. The topological polar surface area (TPSA) is 78.4 Å². The van der Waals surface area contributed by atoms with Crippen molar-refractivity contribution in [1.29, 1.82) is 0 Å². The fraction of sp³-hybridized carbons (Fsp3) is 0.846. The minimum absolute atomic E-state index is 0.0102. The van der Waals surface area contributed by atoms with Gasteiger partial charge in [-0.3, -0.25) is 9.59 Å². The van der Waals surface area contributed by atoms with Crippen molar-refractivity contribution >= 4 is 11.9 Å². The Balaban J connectivity index is 1.84. The van der Waals surface area contributed by atoms with Crippen LogP contribution in [0.4, 0.5) is 0 Å². The summed E-state index contributed by atoms with van der Waals surface area (Å²) in [6.07, 6.45) is 4.47. The maximum atomic E-state index is 12.1. The van der Waals surface area contributed by atoms with E-state index in [1.54, 1.807) is 0 Å². The third kappa shape index (κ3) is 2.66. The van der Waals surface area contributed by atoms with Crippen LogP contribution >= 0.6 is 0 Å². The van der Waals surface area contributed by atoms with Crippen molar-refractivity contribution in [2.75, 3.05) is 13.1 Å². The van der Waals surface area contributed by atoms with E-state index >= 15 is 0 Å². The molecule has 0 aromatic rings. The highest BCUT2D eigenvalue weighted by molar-refractivity contribution is 5.86. The average molecular weight is 254 g/mol. The summed E-state index contributed by atoms with van der Waals surface area (Å²) in [5, 5.41) is 15.2. The third-order valence-corrected chi connectivity index (χ3v) is 4.37. The van der Waals surface area contributed by atoms with Crippen LogP contribution in [-0.4, -0.2) is 35.6 Å². The van der Waals surface area contributed by atoms with Gasteiger partial charge in [-0.15, -0.1) is 0 Å². The Kier molecular flexibility index (Phi) is 3.90. The summed E-state index contributed by atoms with van der Waals surface area (Å²) in [6.45, 7) is 3.29. The van der Waals surface area contributed by atoms with Crippen LogP contribution < -0.4 is 10.6 Å². The molecule has 3 unspecified atom stereocenters. The van der Waals surface area contributed by atoms with E-state index in [4.69, 9.17) is 5.11 Å². The van der Waals surface area contributed by atoms with Crippen LogP contribution in [-0.2, 0) is 9.59 Å². The van der Waals surface area contributed by atoms with Crippen molar-refractivity contribution in [1.82, 2.24) is 10.6 Å². The van der Waals surface area contributed by atoms with Crippen LogP contribution in [0.25, 0.3) is 0 Å². The van der Waals surface area contributed by atoms with Gasteiger partial charge in [0.25, 0.3) is 0 Å². The Bertz CT molecular complexity index is 337. The molecule has 1 amide bonds. The molecule has 2 aliphatic rings. The lowest BCUT2D eigenvalue weighted by Gasteiger charge is -2.25. The summed E-state index contributed by atoms with van der Waals surface area (Å²) < 4.78 is 0. The minimum Gasteiger partial charge on any atom is -0.481 e. The molecule has 1 saturated carbocycles. The predicted octanol–water partition coefficient (Wildman–Crippen LogP) is 0.746. The van der Waals surface area contributed by atoms with E-state index in [2.05, 4.69) is 10.6 Å². The molecule has 102 valence electrons. The fourth-order valence-corrected chi connectivity index (χ4v) is 3.11. The average Bonchev–Trinajstić information content (AvgIpc) is 2.95. The second-order valence-corrected chi connectivity index (χ2v) is 5.71. The molecule has 0 spiro atoms. The van der Waals surface area contributed by atoms with E-state index in [0.29, 0.717) is 6.54 Å². The van der Waals surface area contributed by atoms with Gasteiger partial charge in [0.05, 0.1) is 11.5 Å². The molecule has 3 atom stereocenters. The van der Waals surface area contributed by atoms with Crippen molar-refractivity contribution in [3.8, 4) is 0 Å². The molecule has 1 aliphatic carbocycles. The van der Waals surface area contributed by atoms with Crippen LogP contribution in [0, 0.1) is 11.8 Å². The first-order valence-electron chi connectivity index (χ1n) is 6.79. The number of carboxylic acids is 1. The van der Waals surface area contributed by atoms with Crippen LogP contribution in [0.2, 0.25) is 0 Å². The van der Waals surface area contributed by atoms with E-state index in [1.165, 1.54) is 0 Å². The predicted molar refractivity (Wildman–Crippen MR) is 67.1 cm³/mol. The number of rotatable bonds is 4. The Morgan fingerprint density at radius 2 is 2.17 bits per heavy atom. The van der Waals surface area contributed by atoms with Gasteiger partial charge in [-0.05, 0) is 45.1 Å². The number of carbonyl (C=O) groups excluding carboxylic acids is 1. The zero-order chi connectivity index (χ0) is 13.2. The summed E-state index contributed by atoms with van der Waals surface area (Å²) in [5.41, 5.74) is -0.461. The number of hydrogen-bond donors (Lipinski definition) is 3. The summed E-state index contributed by atoms with van der Waals surface area (Å²) in [7, 11) is 0. The van der Waals surface area contributed by atoms with Gasteiger partial charge in [0, 0.05) is 6.54 Å². The lowest BCUT2D eigenvalue weighted by molar-refractivity contribution is -0.143. The summed E-state index contributed by atoms with van der Waals surface area (Å²) in [6, 6.07) is 0. The van der Waals surface area contributed by atoms with Gasteiger partial charge >= 0.3 is 5.97 Å². The molecule has 5 nitrogen and oxygen atoms in total. The van der Waals surface area contributed by atoms with Gasteiger partial charge in [-0.25, -0.2) is 0 Å². The normalized spacial score (nSPS) is 35.6. The van der Waals surface area contributed by atoms with Crippen LogP contribution in [0.3, 0.4) is 0 Å². The number of hydrogen-bond acceptors (Lipinski definition) is 3. The van der Waals surface area contributed by atoms with Gasteiger partial charge in [-0.1, -0.05) is 6.42 Å². The number of nitrogens with one attached hydrogen (secondary N) is 2. The van der Waals surface area contributed by atoms with Crippen molar-refractivity contribution < 1.29 is 14.7 Å². The molecule has 1 heterocycles. The number of carboxylic acid groups (broad SMARTS) is 1. The highest BCUT2D eigenvalue weighted by Crippen LogP contribution is 2.31. The Morgan fingerprint density at radius 1 is 1.39 bits per heavy atom. The molecule has 0 aromatic heterocycles. The van der Waals surface area contributed by atoms with Gasteiger partial charge in [-0.2, -0.15) is 0 Å². The van der Waals surface area contributed by atoms with E-state index in [0.717, 1.165) is 38.6 Å². The monoisotopic (exact) mass is 254 g/mol. The Morgan fingerprint density at radius 3 is 2.78 bits per heavy atom. The highest BCUT2D eigenvalue weighted by Gasteiger charge is 2.37. The smallest absolute Gasteiger partial charge is 0.306 e. The summed E-state index contributed by atoms with van der Waals surface area (Å²) >= 11 is 0. The first-order valence-corrected chi connectivity index (χ1v) is 6.79. The van der Waals surface area contributed by atoms with E-state index in [-0.39, 0.29) is 17.7 Å².